The molecule has 9 nitrogen and oxygen atoms in total. The zero-order chi connectivity index (χ0) is 25.8. The number of hydrogen-bond donors (Lipinski definition) is 2. The molecule has 37 heavy (non-hydrogen) atoms. The summed E-state index contributed by atoms with van der Waals surface area (Å²) in [7, 11) is 0. The van der Waals surface area contributed by atoms with E-state index in [4.69, 9.17) is 23.4 Å². The van der Waals surface area contributed by atoms with Gasteiger partial charge in [0.05, 0.1) is 12.9 Å². The van der Waals surface area contributed by atoms with Crippen molar-refractivity contribution in [3.8, 4) is 5.75 Å². The van der Waals surface area contributed by atoms with Gasteiger partial charge in [0.15, 0.2) is 11.5 Å². The van der Waals surface area contributed by atoms with E-state index in [1.165, 1.54) is 19.3 Å². The van der Waals surface area contributed by atoms with Crippen LogP contribution in [0, 0.1) is 0 Å². The predicted molar refractivity (Wildman–Crippen MR) is 131 cm³/mol. The lowest BCUT2D eigenvalue weighted by Crippen LogP contribution is -2.67. The molecule has 6 atom stereocenters. The standard InChI is InChI=1S/C28H27NO8/c1-17(30)29-24-25(32)26-23(16-34-27(37-26)22-8-5-15-33-22)36-28(24)35-20-12-9-18(10-13-20)11-14-21(31)19-6-3-2-4-7-19/h2-15,23-28,32H,16H2,1H3,(H,29,30)/b14-11+. The molecule has 2 saturated heterocycles. The van der Waals surface area contributed by atoms with E-state index in [9.17, 15) is 14.7 Å². The summed E-state index contributed by atoms with van der Waals surface area (Å²) >= 11 is 0. The molecule has 3 aromatic rings. The first-order chi connectivity index (χ1) is 18.0. The summed E-state index contributed by atoms with van der Waals surface area (Å²) in [4.78, 5) is 24.2. The van der Waals surface area contributed by atoms with Crippen molar-refractivity contribution in [2.75, 3.05) is 6.61 Å². The highest BCUT2D eigenvalue weighted by Gasteiger charge is 2.51. The van der Waals surface area contributed by atoms with Gasteiger partial charge in [0.25, 0.3) is 0 Å². The van der Waals surface area contributed by atoms with E-state index >= 15 is 0 Å². The van der Waals surface area contributed by atoms with Gasteiger partial charge in [-0.15, -0.1) is 0 Å². The van der Waals surface area contributed by atoms with Crippen LogP contribution < -0.4 is 10.1 Å². The minimum Gasteiger partial charge on any atom is -0.464 e. The number of carbonyl (C=O) groups is 2. The number of fused-ring (bicyclic) bond motifs is 1. The number of aliphatic hydroxyl groups is 1. The quantitative estimate of drug-likeness (QED) is 0.371. The van der Waals surface area contributed by atoms with Crippen molar-refractivity contribution in [1.82, 2.24) is 5.32 Å². The molecule has 1 amide bonds. The van der Waals surface area contributed by atoms with Gasteiger partial charge in [-0.3, -0.25) is 9.59 Å². The minimum absolute atomic E-state index is 0.0931. The molecule has 2 fully saturated rings. The van der Waals surface area contributed by atoms with Gasteiger partial charge in [0.2, 0.25) is 18.5 Å². The summed E-state index contributed by atoms with van der Waals surface area (Å²) in [5, 5.41) is 13.8. The Kier molecular flexibility index (Phi) is 7.47. The fourth-order valence-corrected chi connectivity index (χ4v) is 4.31. The Morgan fingerprint density at radius 1 is 1.03 bits per heavy atom. The van der Waals surface area contributed by atoms with Gasteiger partial charge >= 0.3 is 0 Å². The monoisotopic (exact) mass is 505 g/mol. The van der Waals surface area contributed by atoms with Gasteiger partial charge in [0, 0.05) is 12.5 Å². The van der Waals surface area contributed by atoms with Crippen LogP contribution in [0.2, 0.25) is 0 Å². The molecule has 6 unspecified atom stereocenters. The van der Waals surface area contributed by atoms with Crippen LogP contribution in [0.4, 0.5) is 0 Å². The molecule has 5 rings (SSSR count). The van der Waals surface area contributed by atoms with E-state index in [1.807, 2.05) is 18.2 Å². The van der Waals surface area contributed by atoms with Gasteiger partial charge in [0.1, 0.15) is 30.1 Å². The van der Waals surface area contributed by atoms with Crippen LogP contribution in [0.15, 0.2) is 83.5 Å². The van der Waals surface area contributed by atoms with Crippen LogP contribution >= 0.6 is 0 Å². The van der Waals surface area contributed by atoms with Crippen molar-refractivity contribution < 1.29 is 38.1 Å². The second-order valence-electron chi connectivity index (χ2n) is 8.79. The molecule has 0 spiro atoms. The van der Waals surface area contributed by atoms with Crippen molar-refractivity contribution in [3.63, 3.8) is 0 Å². The van der Waals surface area contributed by atoms with E-state index in [0.29, 0.717) is 17.1 Å². The van der Waals surface area contributed by atoms with Crippen LogP contribution in [-0.2, 0) is 19.0 Å². The third-order valence-electron chi connectivity index (χ3n) is 6.13. The molecule has 2 aliphatic rings. The van der Waals surface area contributed by atoms with Gasteiger partial charge < -0.3 is 33.8 Å². The lowest BCUT2D eigenvalue weighted by molar-refractivity contribution is -0.336. The third kappa shape index (κ3) is 5.81. The van der Waals surface area contributed by atoms with Gasteiger partial charge in [-0.1, -0.05) is 48.5 Å². The number of hydrogen-bond acceptors (Lipinski definition) is 8. The molecule has 9 heteroatoms. The number of benzene rings is 2. The van der Waals surface area contributed by atoms with E-state index in [0.717, 1.165) is 5.56 Å². The number of carbonyl (C=O) groups excluding carboxylic acids is 2. The lowest BCUT2D eigenvalue weighted by atomic mass is 9.96. The SMILES string of the molecule is CC(=O)NC1C(Oc2ccc(/C=C/C(=O)c3ccccc3)cc2)OC2COC(c3ccco3)OC2C1O. The van der Waals surface area contributed by atoms with Gasteiger partial charge in [-0.2, -0.15) is 0 Å². The fourth-order valence-electron chi connectivity index (χ4n) is 4.31. The Hall–Kier alpha value is -3.76. The highest BCUT2D eigenvalue weighted by atomic mass is 16.8. The Labute approximate surface area is 213 Å². The number of rotatable bonds is 7. The summed E-state index contributed by atoms with van der Waals surface area (Å²) < 4.78 is 29.1. The van der Waals surface area contributed by atoms with Crippen LogP contribution in [0.1, 0.15) is 34.9 Å². The summed E-state index contributed by atoms with van der Waals surface area (Å²) in [5.74, 6) is 0.491. The largest absolute Gasteiger partial charge is 0.464 e. The maximum atomic E-state index is 12.3. The fraction of sp³-hybridized carbons (Fsp3) is 0.286. The summed E-state index contributed by atoms with van der Waals surface area (Å²) in [5.41, 5.74) is 1.41. The molecule has 2 N–H and O–H groups in total. The molecule has 0 radical (unpaired) electrons. The van der Waals surface area contributed by atoms with Gasteiger partial charge in [-0.05, 0) is 35.9 Å². The van der Waals surface area contributed by atoms with Crippen molar-refractivity contribution in [3.05, 3.63) is 96.0 Å². The van der Waals surface area contributed by atoms with E-state index in [2.05, 4.69) is 5.32 Å². The summed E-state index contributed by atoms with van der Waals surface area (Å²) in [6.07, 6.45) is 0.439. The average molecular weight is 506 g/mol. The van der Waals surface area contributed by atoms with E-state index in [-0.39, 0.29) is 18.3 Å². The first-order valence-corrected chi connectivity index (χ1v) is 11.9. The maximum Gasteiger partial charge on any atom is 0.223 e. The lowest BCUT2D eigenvalue weighted by Gasteiger charge is -2.47. The molecule has 0 aliphatic carbocycles. The predicted octanol–water partition coefficient (Wildman–Crippen LogP) is 3.26. The van der Waals surface area contributed by atoms with Crippen LogP contribution in [-0.4, -0.2) is 54.0 Å². The first-order valence-electron chi connectivity index (χ1n) is 11.9. The van der Waals surface area contributed by atoms with Crippen LogP contribution in [0.5, 0.6) is 5.75 Å². The summed E-state index contributed by atoms with van der Waals surface area (Å²) in [6.45, 7) is 1.49. The van der Waals surface area contributed by atoms with Crippen molar-refractivity contribution in [2.24, 2.45) is 0 Å². The second kappa shape index (κ2) is 11.1. The Morgan fingerprint density at radius 3 is 2.51 bits per heavy atom. The zero-order valence-electron chi connectivity index (χ0n) is 20.1. The molecule has 0 bridgehead atoms. The highest BCUT2D eigenvalue weighted by molar-refractivity contribution is 6.06. The first kappa shape index (κ1) is 24.9. The van der Waals surface area contributed by atoms with Crippen LogP contribution in [0.3, 0.4) is 0 Å². The number of aliphatic hydroxyl groups excluding tert-OH is 1. The summed E-state index contributed by atoms with van der Waals surface area (Å²) in [6, 6.07) is 18.6. The smallest absolute Gasteiger partial charge is 0.223 e. The van der Waals surface area contributed by atoms with Crippen molar-refractivity contribution in [2.45, 2.75) is 43.9 Å². The molecular formula is C28H27NO8. The van der Waals surface area contributed by atoms with E-state index < -0.39 is 36.9 Å². The van der Waals surface area contributed by atoms with Gasteiger partial charge in [-0.25, -0.2) is 0 Å². The van der Waals surface area contributed by atoms with Crippen molar-refractivity contribution >= 4 is 17.8 Å². The average Bonchev–Trinajstić information content (AvgIpc) is 3.46. The highest BCUT2D eigenvalue weighted by Crippen LogP contribution is 2.35. The molecule has 3 heterocycles. The topological polar surface area (TPSA) is 116 Å². The minimum atomic E-state index is -1.12. The number of ether oxygens (including phenoxy) is 4. The Morgan fingerprint density at radius 2 is 1.81 bits per heavy atom. The number of allylic oxidation sites excluding steroid dienone is 1. The molecule has 2 aromatic carbocycles. The number of nitrogens with one attached hydrogen (secondary N) is 1. The van der Waals surface area contributed by atoms with E-state index in [1.54, 1.807) is 54.6 Å². The molecular weight excluding hydrogens is 478 g/mol. The normalized spacial score (nSPS) is 27.4. The molecule has 0 saturated carbocycles. The number of furan rings is 1. The zero-order valence-corrected chi connectivity index (χ0v) is 20.1. The number of amides is 1. The maximum absolute atomic E-state index is 12.3. The number of ketones is 1. The molecule has 192 valence electrons. The Balaban J connectivity index is 1.26. The second-order valence-corrected chi connectivity index (χ2v) is 8.79. The molecule has 1 aromatic heterocycles. The molecule has 2 aliphatic heterocycles. The van der Waals surface area contributed by atoms with Crippen molar-refractivity contribution in [1.29, 1.82) is 0 Å². The third-order valence-corrected chi connectivity index (χ3v) is 6.13. The Bertz CT molecular complexity index is 1220. The van der Waals surface area contributed by atoms with Crippen LogP contribution in [0.25, 0.3) is 6.08 Å².